The van der Waals surface area contributed by atoms with Gasteiger partial charge in [0.2, 0.25) is 5.91 Å². The van der Waals surface area contributed by atoms with E-state index in [1.807, 2.05) is 6.07 Å². The molecule has 5 N–H and O–H groups in total. The number of amides is 4. The number of nitrogens with one attached hydrogen (secondary N) is 3. The summed E-state index contributed by atoms with van der Waals surface area (Å²) in [5, 5.41) is 8.07. The molecule has 162 valence electrons. The molecule has 3 aromatic rings. The maximum atomic E-state index is 12.7. The standard InChI is InChI=1S/C24H22N4O4/c25-21(29)14-15-26-24(32)19-8-4-5-9-20(19)28-23(31)17-10-12-18(13-11-17)27-22(30)16-6-2-1-3-7-16/h1-13H,14-15H2,(H2,25,29)(H,26,32)(H,27,30)(H,28,31). The van der Waals surface area contributed by atoms with Gasteiger partial charge in [0.05, 0.1) is 11.3 Å². The molecule has 0 fully saturated rings. The molecule has 32 heavy (non-hydrogen) atoms. The zero-order valence-electron chi connectivity index (χ0n) is 17.1. The van der Waals surface area contributed by atoms with E-state index in [9.17, 15) is 19.2 Å². The highest BCUT2D eigenvalue weighted by Crippen LogP contribution is 2.18. The highest BCUT2D eigenvalue weighted by Gasteiger charge is 2.14. The van der Waals surface area contributed by atoms with Gasteiger partial charge in [0, 0.05) is 29.8 Å². The van der Waals surface area contributed by atoms with Crippen LogP contribution in [0.3, 0.4) is 0 Å². The summed E-state index contributed by atoms with van der Waals surface area (Å²) in [6.07, 6.45) is 0.0213. The molecule has 3 rings (SSSR count). The number of para-hydroxylation sites is 1. The molecule has 0 radical (unpaired) electrons. The second-order valence-corrected chi connectivity index (χ2v) is 6.87. The Bertz CT molecular complexity index is 1130. The largest absolute Gasteiger partial charge is 0.370 e. The van der Waals surface area contributed by atoms with Gasteiger partial charge >= 0.3 is 0 Å². The summed E-state index contributed by atoms with van der Waals surface area (Å²) in [7, 11) is 0. The van der Waals surface area contributed by atoms with E-state index >= 15 is 0 Å². The fraction of sp³-hybridized carbons (Fsp3) is 0.0833. The van der Waals surface area contributed by atoms with E-state index in [4.69, 9.17) is 5.73 Å². The van der Waals surface area contributed by atoms with E-state index in [-0.39, 0.29) is 24.4 Å². The molecule has 0 bridgehead atoms. The zero-order valence-corrected chi connectivity index (χ0v) is 17.1. The lowest BCUT2D eigenvalue weighted by Crippen LogP contribution is -2.28. The van der Waals surface area contributed by atoms with Gasteiger partial charge in [0.15, 0.2) is 0 Å². The molecule has 8 nitrogen and oxygen atoms in total. The van der Waals surface area contributed by atoms with Crippen LogP contribution in [-0.2, 0) is 4.79 Å². The van der Waals surface area contributed by atoms with E-state index < -0.39 is 17.7 Å². The maximum absolute atomic E-state index is 12.7. The lowest BCUT2D eigenvalue weighted by molar-refractivity contribution is -0.117. The summed E-state index contributed by atoms with van der Waals surface area (Å²) >= 11 is 0. The molecular formula is C24H22N4O4. The van der Waals surface area contributed by atoms with Gasteiger partial charge in [0.25, 0.3) is 17.7 Å². The van der Waals surface area contributed by atoms with Gasteiger partial charge in [0.1, 0.15) is 0 Å². The van der Waals surface area contributed by atoms with Crippen LogP contribution < -0.4 is 21.7 Å². The number of primary amides is 1. The Morgan fingerprint density at radius 1 is 0.656 bits per heavy atom. The molecule has 0 aliphatic heterocycles. The average Bonchev–Trinajstić information content (AvgIpc) is 2.80. The van der Waals surface area contributed by atoms with Crippen LogP contribution in [-0.4, -0.2) is 30.2 Å². The summed E-state index contributed by atoms with van der Waals surface area (Å²) < 4.78 is 0. The Hall–Kier alpha value is -4.46. The SMILES string of the molecule is NC(=O)CCNC(=O)c1ccccc1NC(=O)c1ccc(NC(=O)c2ccccc2)cc1. The molecule has 0 aromatic heterocycles. The third kappa shape index (κ3) is 6.02. The van der Waals surface area contributed by atoms with Crippen molar-refractivity contribution in [2.75, 3.05) is 17.2 Å². The van der Waals surface area contributed by atoms with Gasteiger partial charge in [-0.15, -0.1) is 0 Å². The topological polar surface area (TPSA) is 130 Å². The predicted octanol–water partition coefficient (Wildman–Crippen LogP) is 2.80. The van der Waals surface area contributed by atoms with Crippen molar-refractivity contribution in [1.82, 2.24) is 5.32 Å². The zero-order chi connectivity index (χ0) is 22.9. The number of nitrogens with two attached hydrogens (primary N) is 1. The minimum atomic E-state index is -0.518. The van der Waals surface area contributed by atoms with Crippen molar-refractivity contribution >= 4 is 35.0 Å². The Kier molecular flexibility index (Phi) is 7.32. The fourth-order valence-corrected chi connectivity index (χ4v) is 2.88. The number of benzene rings is 3. The summed E-state index contributed by atoms with van der Waals surface area (Å²) in [6.45, 7) is 0.104. The van der Waals surface area contributed by atoms with Crippen molar-refractivity contribution < 1.29 is 19.2 Å². The van der Waals surface area contributed by atoms with E-state index in [0.29, 0.717) is 22.5 Å². The van der Waals surface area contributed by atoms with Crippen molar-refractivity contribution in [3.63, 3.8) is 0 Å². The Labute approximate surface area is 184 Å². The van der Waals surface area contributed by atoms with Gasteiger partial charge in [-0.25, -0.2) is 0 Å². The maximum Gasteiger partial charge on any atom is 0.255 e. The summed E-state index contributed by atoms with van der Waals surface area (Å²) in [5.41, 5.74) is 7.09. The fourth-order valence-electron chi connectivity index (χ4n) is 2.88. The van der Waals surface area contributed by atoms with Crippen molar-refractivity contribution in [3.8, 4) is 0 Å². The lowest BCUT2D eigenvalue weighted by atomic mass is 10.1. The number of anilines is 2. The number of carbonyl (C=O) groups excluding carboxylic acids is 4. The molecule has 0 atom stereocenters. The van der Waals surface area contributed by atoms with Crippen LogP contribution in [0, 0.1) is 0 Å². The third-order valence-corrected chi connectivity index (χ3v) is 4.52. The van der Waals surface area contributed by atoms with Gasteiger partial charge in [-0.1, -0.05) is 30.3 Å². The highest BCUT2D eigenvalue weighted by molar-refractivity contribution is 6.09. The Balaban J connectivity index is 1.64. The first-order chi connectivity index (χ1) is 15.4. The number of rotatable bonds is 8. The molecule has 0 unspecified atom stereocenters. The van der Waals surface area contributed by atoms with Gasteiger partial charge in [-0.3, -0.25) is 19.2 Å². The molecule has 3 aromatic carbocycles. The molecule has 8 heteroatoms. The smallest absolute Gasteiger partial charge is 0.255 e. The van der Waals surface area contributed by atoms with Crippen molar-refractivity contribution in [1.29, 1.82) is 0 Å². The number of hydrogen-bond acceptors (Lipinski definition) is 4. The minimum absolute atomic E-state index is 0.0213. The Morgan fingerprint density at radius 2 is 1.25 bits per heavy atom. The Morgan fingerprint density at radius 3 is 1.94 bits per heavy atom. The molecule has 0 saturated heterocycles. The number of carbonyl (C=O) groups is 4. The molecule has 0 heterocycles. The van der Waals surface area contributed by atoms with Crippen LogP contribution in [0.25, 0.3) is 0 Å². The molecule has 0 aliphatic rings. The molecular weight excluding hydrogens is 408 g/mol. The minimum Gasteiger partial charge on any atom is -0.370 e. The second kappa shape index (κ2) is 10.5. The van der Waals surface area contributed by atoms with E-state index in [2.05, 4.69) is 16.0 Å². The van der Waals surface area contributed by atoms with Crippen LogP contribution in [0.2, 0.25) is 0 Å². The van der Waals surface area contributed by atoms with Crippen LogP contribution in [0.4, 0.5) is 11.4 Å². The quantitative estimate of drug-likeness (QED) is 0.438. The van der Waals surface area contributed by atoms with Gasteiger partial charge in [-0.2, -0.15) is 0 Å². The first-order valence-electron chi connectivity index (χ1n) is 9.87. The van der Waals surface area contributed by atoms with Crippen molar-refractivity contribution in [2.45, 2.75) is 6.42 Å². The van der Waals surface area contributed by atoms with Crippen LogP contribution in [0.5, 0.6) is 0 Å². The number of hydrogen-bond donors (Lipinski definition) is 4. The van der Waals surface area contributed by atoms with E-state index in [0.717, 1.165) is 0 Å². The van der Waals surface area contributed by atoms with Crippen LogP contribution in [0.1, 0.15) is 37.5 Å². The van der Waals surface area contributed by atoms with Crippen LogP contribution in [0.15, 0.2) is 78.9 Å². The molecule has 4 amide bonds. The first-order valence-corrected chi connectivity index (χ1v) is 9.87. The normalized spacial score (nSPS) is 10.1. The lowest BCUT2D eigenvalue weighted by Gasteiger charge is -2.12. The highest BCUT2D eigenvalue weighted by atomic mass is 16.2. The summed E-state index contributed by atoms with van der Waals surface area (Å²) in [4.78, 5) is 48.1. The van der Waals surface area contributed by atoms with Gasteiger partial charge in [-0.05, 0) is 48.5 Å². The second-order valence-electron chi connectivity index (χ2n) is 6.87. The average molecular weight is 430 g/mol. The molecule has 0 aliphatic carbocycles. The molecule has 0 saturated carbocycles. The van der Waals surface area contributed by atoms with E-state index in [1.165, 1.54) is 0 Å². The van der Waals surface area contributed by atoms with Gasteiger partial charge < -0.3 is 21.7 Å². The first kappa shape index (κ1) is 22.2. The monoisotopic (exact) mass is 430 g/mol. The summed E-state index contributed by atoms with van der Waals surface area (Å²) in [6, 6.07) is 21.7. The molecule has 0 spiro atoms. The predicted molar refractivity (Wildman–Crippen MR) is 121 cm³/mol. The third-order valence-electron chi connectivity index (χ3n) is 4.52. The van der Waals surface area contributed by atoms with Crippen LogP contribution >= 0.6 is 0 Å². The van der Waals surface area contributed by atoms with E-state index in [1.54, 1.807) is 72.8 Å². The van der Waals surface area contributed by atoms with Crippen molar-refractivity contribution in [3.05, 3.63) is 95.6 Å². The summed E-state index contributed by atoms with van der Waals surface area (Å²) in [5.74, 6) is -1.61. The van der Waals surface area contributed by atoms with Crippen molar-refractivity contribution in [2.24, 2.45) is 5.73 Å².